The highest BCUT2D eigenvalue weighted by molar-refractivity contribution is 5.78. The largest absolute Gasteiger partial charge is 0.493 e. The number of hydrogen-bond acceptors (Lipinski definition) is 5. The summed E-state index contributed by atoms with van der Waals surface area (Å²) in [7, 11) is 6.82. The lowest BCUT2D eigenvalue weighted by atomic mass is 9.96. The normalized spacial score (nSPS) is 16.0. The summed E-state index contributed by atoms with van der Waals surface area (Å²) >= 11 is 0. The van der Waals surface area contributed by atoms with Crippen LogP contribution in [0.15, 0.2) is 12.1 Å². The van der Waals surface area contributed by atoms with E-state index in [1.165, 1.54) is 0 Å². The fourth-order valence-electron chi connectivity index (χ4n) is 2.84. The molecule has 0 saturated carbocycles. The number of piperidine rings is 1. The first-order chi connectivity index (χ1) is 11.1. The van der Waals surface area contributed by atoms with Gasteiger partial charge in [-0.25, -0.2) is 0 Å². The minimum atomic E-state index is 0.105. The number of nitrogens with one attached hydrogen (secondary N) is 1. The molecule has 6 heteroatoms. The highest BCUT2D eigenvalue weighted by Crippen LogP contribution is 2.38. The smallest absolute Gasteiger partial charge is 0.223 e. The summed E-state index contributed by atoms with van der Waals surface area (Å²) in [5.74, 6) is 1.96. The second-order valence-corrected chi connectivity index (χ2v) is 5.83. The van der Waals surface area contributed by atoms with Gasteiger partial charge in [0.25, 0.3) is 0 Å². The van der Waals surface area contributed by atoms with Crippen LogP contribution in [0.5, 0.6) is 17.2 Å². The van der Waals surface area contributed by atoms with Crippen LogP contribution < -0.4 is 19.5 Å². The Labute approximate surface area is 137 Å². The molecule has 1 aromatic rings. The number of carbonyl (C=O) groups excluding carboxylic acids is 1. The second-order valence-electron chi connectivity index (χ2n) is 5.83. The van der Waals surface area contributed by atoms with Crippen molar-refractivity contribution in [3.8, 4) is 17.2 Å². The minimum Gasteiger partial charge on any atom is -0.493 e. The van der Waals surface area contributed by atoms with E-state index in [9.17, 15) is 4.79 Å². The van der Waals surface area contributed by atoms with E-state index >= 15 is 0 Å². The molecule has 1 aliphatic rings. The van der Waals surface area contributed by atoms with Gasteiger partial charge in [-0.1, -0.05) is 0 Å². The van der Waals surface area contributed by atoms with Gasteiger partial charge in [-0.3, -0.25) is 4.79 Å². The molecule has 1 N–H and O–H groups in total. The Morgan fingerprint density at radius 2 is 1.70 bits per heavy atom. The average Bonchev–Trinajstić information content (AvgIpc) is 2.59. The highest BCUT2D eigenvalue weighted by Gasteiger charge is 2.23. The van der Waals surface area contributed by atoms with Crippen molar-refractivity contribution in [3.63, 3.8) is 0 Å². The number of hydrogen-bond donors (Lipinski definition) is 1. The zero-order valence-electron chi connectivity index (χ0n) is 14.3. The SMILES string of the molecule is COc1cc(CNC(=O)C2CCN(C)CC2)cc(OC)c1OC. The summed E-state index contributed by atoms with van der Waals surface area (Å²) in [6.45, 7) is 2.40. The lowest BCUT2D eigenvalue weighted by molar-refractivity contribution is -0.126. The first-order valence-corrected chi connectivity index (χ1v) is 7.84. The number of carbonyl (C=O) groups is 1. The zero-order valence-corrected chi connectivity index (χ0v) is 14.3. The van der Waals surface area contributed by atoms with Crippen LogP contribution >= 0.6 is 0 Å². The van der Waals surface area contributed by atoms with Crippen molar-refractivity contribution in [3.05, 3.63) is 17.7 Å². The first-order valence-electron chi connectivity index (χ1n) is 7.84. The van der Waals surface area contributed by atoms with Crippen molar-refractivity contribution in [2.75, 3.05) is 41.5 Å². The van der Waals surface area contributed by atoms with Crippen molar-refractivity contribution in [2.45, 2.75) is 19.4 Å². The molecular formula is C17H26N2O4. The fourth-order valence-corrected chi connectivity index (χ4v) is 2.84. The summed E-state index contributed by atoms with van der Waals surface area (Å²) in [5, 5.41) is 3.01. The molecule has 6 nitrogen and oxygen atoms in total. The van der Waals surface area contributed by atoms with Crippen LogP contribution in [0.1, 0.15) is 18.4 Å². The predicted molar refractivity (Wildman–Crippen MR) is 88.2 cm³/mol. The second kappa shape index (κ2) is 8.06. The van der Waals surface area contributed by atoms with Crippen molar-refractivity contribution in [1.82, 2.24) is 10.2 Å². The van der Waals surface area contributed by atoms with Gasteiger partial charge in [-0.2, -0.15) is 0 Å². The van der Waals surface area contributed by atoms with E-state index in [4.69, 9.17) is 14.2 Å². The lowest BCUT2D eigenvalue weighted by Gasteiger charge is -2.28. The van der Waals surface area contributed by atoms with Crippen molar-refractivity contribution in [1.29, 1.82) is 0 Å². The van der Waals surface area contributed by atoms with Crippen molar-refractivity contribution < 1.29 is 19.0 Å². The Morgan fingerprint density at radius 1 is 1.13 bits per heavy atom. The summed E-state index contributed by atoms with van der Waals surface area (Å²) in [6.07, 6.45) is 1.83. The number of ether oxygens (including phenoxy) is 3. The number of amides is 1. The van der Waals surface area contributed by atoms with Crippen LogP contribution in [0.3, 0.4) is 0 Å². The van der Waals surface area contributed by atoms with E-state index < -0.39 is 0 Å². The summed E-state index contributed by atoms with van der Waals surface area (Å²) in [4.78, 5) is 14.5. The van der Waals surface area contributed by atoms with E-state index in [0.717, 1.165) is 31.5 Å². The van der Waals surface area contributed by atoms with Gasteiger partial charge in [-0.05, 0) is 50.7 Å². The van der Waals surface area contributed by atoms with Gasteiger partial charge in [0, 0.05) is 12.5 Å². The van der Waals surface area contributed by atoms with Crippen LogP contribution in [0.4, 0.5) is 0 Å². The minimum absolute atomic E-state index is 0.105. The van der Waals surface area contributed by atoms with Gasteiger partial charge in [0.05, 0.1) is 21.3 Å². The molecule has 0 aromatic heterocycles. The van der Waals surface area contributed by atoms with Crippen LogP contribution in [0.2, 0.25) is 0 Å². The quantitative estimate of drug-likeness (QED) is 0.863. The van der Waals surface area contributed by atoms with Gasteiger partial charge < -0.3 is 24.4 Å². The Balaban J connectivity index is 2.01. The third kappa shape index (κ3) is 4.28. The number of benzene rings is 1. The predicted octanol–water partition coefficient (Wildman–Crippen LogP) is 1.67. The highest BCUT2D eigenvalue weighted by atomic mass is 16.5. The maximum absolute atomic E-state index is 12.3. The third-order valence-corrected chi connectivity index (χ3v) is 4.28. The van der Waals surface area contributed by atoms with E-state index in [1.807, 2.05) is 12.1 Å². The molecule has 128 valence electrons. The Kier molecular flexibility index (Phi) is 6.10. The van der Waals surface area contributed by atoms with E-state index in [0.29, 0.717) is 23.8 Å². The molecule has 1 fully saturated rings. The summed E-state index contributed by atoms with van der Waals surface area (Å²) < 4.78 is 16.0. The van der Waals surface area contributed by atoms with Crippen LogP contribution in [-0.2, 0) is 11.3 Å². The number of methoxy groups -OCH3 is 3. The van der Waals surface area contributed by atoms with Gasteiger partial charge in [0.15, 0.2) is 11.5 Å². The topological polar surface area (TPSA) is 60.0 Å². The van der Waals surface area contributed by atoms with Gasteiger partial charge in [-0.15, -0.1) is 0 Å². The molecule has 2 rings (SSSR count). The van der Waals surface area contributed by atoms with Crippen LogP contribution in [-0.4, -0.2) is 52.3 Å². The first kappa shape index (κ1) is 17.4. The van der Waals surface area contributed by atoms with Crippen molar-refractivity contribution >= 4 is 5.91 Å². The van der Waals surface area contributed by atoms with Crippen LogP contribution in [0.25, 0.3) is 0 Å². The van der Waals surface area contributed by atoms with Gasteiger partial charge in [0.2, 0.25) is 11.7 Å². The molecule has 0 aliphatic carbocycles. The Morgan fingerprint density at radius 3 is 2.17 bits per heavy atom. The standard InChI is InChI=1S/C17H26N2O4/c1-19-7-5-13(6-8-19)17(20)18-11-12-9-14(21-2)16(23-4)15(10-12)22-3/h9-10,13H,5-8,11H2,1-4H3,(H,18,20). The zero-order chi connectivity index (χ0) is 16.8. The van der Waals surface area contributed by atoms with Gasteiger partial charge >= 0.3 is 0 Å². The monoisotopic (exact) mass is 322 g/mol. The van der Waals surface area contributed by atoms with Crippen molar-refractivity contribution in [2.24, 2.45) is 5.92 Å². The molecule has 0 radical (unpaired) electrons. The molecule has 0 unspecified atom stereocenters. The molecule has 1 aromatic carbocycles. The third-order valence-electron chi connectivity index (χ3n) is 4.28. The summed E-state index contributed by atoms with van der Waals surface area (Å²) in [5.41, 5.74) is 0.917. The molecule has 1 heterocycles. The molecule has 0 spiro atoms. The van der Waals surface area contributed by atoms with E-state index in [2.05, 4.69) is 17.3 Å². The number of likely N-dealkylation sites (tertiary alicyclic amines) is 1. The molecule has 0 bridgehead atoms. The molecule has 23 heavy (non-hydrogen) atoms. The molecular weight excluding hydrogens is 296 g/mol. The number of nitrogens with zero attached hydrogens (tertiary/aromatic N) is 1. The molecule has 1 aliphatic heterocycles. The lowest BCUT2D eigenvalue weighted by Crippen LogP contribution is -2.38. The maximum atomic E-state index is 12.3. The van der Waals surface area contributed by atoms with E-state index in [-0.39, 0.29) is 11.8 Å². The Hall–Kier alpha value is -1.95. The van der Waals surface area contributed by atoms with Gasteiger partial charge in [0.1, 0.15) is 0 Å². The summed E-state index contributed by atoms with van der Waals surface area (Å²) in [6, 6.07) is 3.71. The Bertz CT molecular complexity index is 514. The maximum Gasteiger partial charge on any atom is 0.223 e. The molecule has 1 amide bonds. The molecule has 0 atom stereocenters. The van der Waals surface area contributed by atoms with Crippen LogP contribution in [0, 0.1) is 5.92 Å². The average molecular weight is 322 g/mol. The van der Waals surface area contributed by atoms with E-state index in [1.54, 1.807) is 21.3 Å². The number of rotatable bonds is 6. The fraction of sp³-hybridized carbons (Fsp3) is 0.588. The molecule has 1 saturated heterocycles.